The summed E-state index contributed by atoms with van der Waals surface area (Å²) in [6.07, 6.45) is 1.05. The lowest BCUT2D eigenvalue weighted by Gasteiger charge is -2.28. The quantitative estimate of drug-likeness (QED) is 0.788. The van der Waals surface area contributed by atoms with Gasteiger partial charge in [0.25, 0.3) is 0 Å². The van der Waals surface area contributed by atoms with Crippen molar-refractivity contribution < 1.29 is 0 Å². The minimum absolute atomic E-state index is 0.290. The Labute approximate surface area is 137 Å². The fourth-order valence-corrected chi connectivity index (χ4v) is 3.28. The molecular formula is C16H26BrClN2. The van der Waals surface area contributed by atoms with Crippen molar-refractivity contribution in [1.29, 1.82) is 0 Å². The van der Waals surface area contributed by atoms with E-state index in [4.69, 9.17) is 11.6 Å². The predicted octanol–water partition coefficient (Wildman–Crippen LogP) is 4.73. The second-order valence-electron chi connectivity index (χ2n) is 6.59. The van der Waals surface area contributed by atoms with Gasteiger partial charge >= 0.3 is 0 Å². The van der Waals surface area contributed by atoms with Crippen molar-refractivity contribution >= 4 is 27.5 Å². The van der Waals surface area contributed by atoms with Crippen LogP contribution in [0.5, 0.6) is 0 Å². The molecule has 20 heavy (non-hydrogen) atoms. The summed E-state index contributed by atoms with van der Waals surface area (Å²) in [7, 11) is 4.17. The molecule has 0 radical (unpaired) electrons. The zero-order chi connectivity index (χ0) is 15.3. The smallest absolute Gasteiger partial charge is 0.0465 e. The van der Waals surface area contributed by atoms with Crippen LogP contribution in [0.15, 0.2) is 22.7 Å². The Balaban J connectivity index is 2.63. The molecule has 2 nitrogen and oxygen atoms in total. The van der Waals surface area contributed by atoms with Gasteiger partial charge in [-0.2, -0.15) is 0 Å². The van der Waals surface area contributed by atoms with E-state index in [9.17, 15) is 0 Å². The Morgan fingerprint density at radius 2 is 2.00 bits per heavy atom. The third-order valence-electron chi connectivity index (χ3n) is 3.23. The fourth-order valence-electron chi connectivity index (χ4n) is 2.48. The molecule has 0 saturated carbocycles. The monoisotopic (exact) mass is 360 g/mol. The molecular weight excluding hydrogens is 336 g/mol. The molecule has 4 heteroatoms. The van der Waals surface area contributed by atoms with Gasteiger partial charge in [0, 0.05) is 22.1 Å². The van der Waals surface area contributed by atoms with Gasteiger partial charge in [-0.3, -0.25) is 0 Å². The SMILES string of the molecule is CNC(CCN(C)CC(C)(C)C)c1ccc(Br)cc1Cl. The molecule has 0 saturated heterocycles. The highest BCUT2D eigenvalue weighted by Crippen LogP contribution is 2.28. The van der Waals surface area contributed by atoms with Gasteiger partial charge in [0.15, 0.2) is 0 Å². The lowest BCUT2D eigenvalue weighted by molar-refractivity contribution is 0.218. The van der Waals surface area contributed by atoms with Gasteiger partial charge in [0.2, 0.25) is 0 Å². The molecule has 0 aliphatic heterocycles. The average Bonchev–Trinajstić information content (AvgIpc) is 2.29. The summed E-state index contributed by atoms with van der Waals surface area (Å²) in [6, 6.07) is 6.39. The second kappa shape index (κ2) is 7.79. The van der Waals surface area contributed by atoms with Crippen molar-refractivity contribution in [1.82, 2.24) is 10.2 Å². The molecule has 114 valence electrons. The van der Waals surface area contributed by atoms with E-state index in [0.29, 0.717) is 5.41 Å². The Kier molecular flexibility index (Phi) is 6.99. The minimum atomic E-state index is 0.290. The molecule has 0 aromatic heterocycles. The summed E-state index contributed by atoms with van der Waals surface area (Å²) in [5.74, 6) is 0. The summed E-state index contributed by atoms with van der Waals surface area (Å²) in [5, 5.41) is 4.19. The van der Waals surface area contributed by atoms with Crippen molar-refractivity contribution in [3.8, 4) is 0 Å². The fraction of sp³-hybridized carbons (Fsp3) is 0.625. The Morgan fingerprint density at radius 1 is 1.35 bits per heavy atom. The first-order valence-electron chi connectivity index (χ1n) is 7.03. The number of benzene rings is 1. The number of halogens is 2. The maximum absolute atomic E-state index is 6.34. The largest absolute Gasteiger partial charge is 0.313 e. The molecule has 0 aliphatic carbocycles. The summed E-state index contributed by atoms with van der Waals surface area (Å²) in [4.78, 5) is 2.39. The molecule has 1 N–H and O–H groups in total. The van der Waals surface area contributed by atoms with Crippen LogP contribution in [0.4, 0.5) is 0 Å². The molecule has 0 bridgehead atoms. The average molecular weight is 362 g/mol. The summed E-state index contributed by atoms with van der Waals surface area (Å²) in [6.45, 7) is 8.95. The molecule has 0 spiro atoms. The van der Waals surface area contributed by atoms with Crippen molar-refractivity contribution in [2.45, 2.75) is 33.2 Å². The number of hydrogen-bond acceptors (Lipinski definition) is 2. The maximum atomic E-state index is 6.34. The van der Waals surface area contributed by atoms with E-state index >= 15 is 0 Å². The van der Waals surface area contributed by atoms with Crippen LogP contribution in [-0.4, -0.2) is 32.1 Å². The topological polar surface area (TPSA) is 15.3 Å². The number of hydrogen-bond donors (Lipinski definition) is 1. The molecule has 0 heterocycles. The van der Waals surface area contributed by atoms with Crippen molar-refractivity contribution in [3.05, 3.63) is 33.3 Å². The number of nitrogens with zero attached hydrogens (tertiary/aromatic N) is 1. The highest BCUT2D eigenvalue weighted by molar-refractivity contribution is 9.10. The first-order valence-corrected chi connectivity index (χ1v) is 8.21. The van der Waals surface area contributed by atoms with E-state index in [1.807, 2.05) is 19.2 Å². The van der Waals surface area contributed by atoms with Crippen molar-refractivity contribution in [2.75, 3.05) is 27.2 Å². The second-order valence-corrected chi connectivity index (χ2v) is 7.92. The van der Waals surface area contributed by atoms with Crippen LogP contribution in [0.3, 0.4) is 0 Å². The van der Waals surface area contributed by atoms with Gasteiger partial charge in [0.1, 0.15) is 0 Å². The molecule has 1 atom stereocenters. The lowest BCUT2D eigenvalue weighted by Crippen LogP contribution is -2.32. The third kappa shape index (κ3) is 6.13. The Bertz CT molecular complexity index is 429. The zero-order valence-electron chi connectivity index (χ0n) is 13.1. The standard InChI is InChI=1S/C16H26BrClN2/c1-16(2,3)11-20(5)9-8-15(19-4)13-7-6-12(17)10-14(13)18/h6-7,10,15,19H,8-9,11H2,1-5H3. The Morgan fingerprint density at radius 3 is 2.50 bits per heavy atom. The summed E-state index contributed by atoms with van der Waals surface area (Å²) >= 11 is 9.79. The van der Waals surface area contributed by atoms with Gasteiger partial charge in [0.05, 0.1) is 0 Å². The van der Waals surface area contributed by atoms with Gasteiger partial charge in [-0.25, -0.2) is 0 Å². The van der Waals surface area contributed by atoms with E-state index in [-0.39, 0.29) is 6.04 Å². The third-order valence-corrected chi connectivity index (χ3v) is 4.05. The normalized spacial score (nSPS) is 13.8. The van der Waals surface area contributed by atoms with Gasteiger partial charge in [-0.15, -0.1) is 0 Å². The molecule has 1 aromatic carbocycles. The van der Waals surface area contributed by atoms with E-state index in [2.05, 4.69) is 60.0 Å². The van der Waals surface area contributed by atoms with Crippen LogP contribution in [0, 0.1) is 5.41 Å². The number of rotatable bonds is 6. The molecule has 1 aromatic rings. The van der Waals surface area contributed by atoms with Gasteiger partial charge < -0.3 is 10.2 Å². The van der Waals surface area contributed by atoms with Crippen molar-refractivity contribution in [2.24, 2.45) is 5.41 Å². The van der Waals surface area contributed by atoms with E-state index in [1.54, 1.807) is 0 Å². The lowest BCUT2D eigenvalue weighted by atomic mass is 9.96. The maximum Gasteiger partial charge on any atom is 0.0465 e. The van der Waals surface area contributed by atoms with Crippen molar-refractivity contribution in [3.63, 3.8) is 0 Å². The highest BCUT2D eigenvalue weighted by atomic mass is 79.9. The van der Waals surface area contributed by atoms with Crippen LogP contribution in [0.1, 0.15) is 38.8 Å². The van der Waals surface area contributed by atoms with Crippen LogP contribution in [-0.2, 0) is 0 Å². The van der Waals surface area contributed by atoms with E-state index < -0.39 is 0 Å². The van der Waals surface area contributed by atoms with Gasteiger partial charge in [-0.05, 0) is 50.2 Å². The van der Waals surface area contributed by atoms with Crippen LogP contribution in [0.2, 0.25) is 5.02 Å². The first kappa shape index (κ1) is 18.0. The predicted molar refractivity (Wildman–Crippen MR) is 92.5 cm³/mol. The van der Waals surface area contributed by atoms with Crippen LogP contribution in [0.25, 0.3) is 0 Å². The number of nitrogens with one attached hydrogen (secondary N) is 1. The van der Waals surface area contributed by atoms with E-state index in [0.717, 1.165) is 29.0 Å². The Hall–Kier alpha value is -0.0900. The molecule has 0 aliphatic rings. The highest BCUT2D eigenvalue weighted by Gasteiger charge is 2.17. The minimum Gasteiger partial charge on any atom is -0.313 e. The van der Waals surface area contributed by atoms with E-state index in [1.165, 1.54) is 5.56 Å². The molecule has 1 unspecified atom stereocenters. The van der Waals surface area contributed by atoms with Gasteiger partial charge in [-0.1, -0.05) is 54.4 Å². The van der Waals surface area contributed by atoms with Crippen LogP contribution >= 0.6 is 27.5 Å². The van der Waals surface area contributed by atoms with Crippen LogP contribution < -0.4 is 5.32 Å². The first-order chi connectivity index (χ1) is 9.23. The molecule has 0 amide bonds. The summed E-state index contributed by atoms with van der Waals surface area (Å²) in [5.41, 5.74) is 1.50. The zero-order valence-corrected chi connectivity index (χ0v) is 15.5. The summed E-state index contributed by atoms with van der Waals surface area (Å²) < 4.78 is 1.02. The molecule has 0 fully saturated rings. The molecule has 1 rings (SSSR count).